The van der Waals surface area contributed by atoms with Crippen LogP contribution in [0.5, 0.6) is 0 Å². The maximum atomic E-state index is 6.21. The fraction of sp³-hybridized carbons (Fsp3) is 0. The second-order valence-corrected chi connectivity index (χ2v) is 0.552. The van der Waals surface area contributed by atoms with Crippen LogP contribution >= 0.6 is 0 Å². The lowest BCUT2D eigenvalue weighted by atomic mass is 10.6. The zero-order chi connectivity index (χ0) is 4.83. The Balaban J connectivity index is 3.50. The fourth-order valence-corrected chi connectivity index (χ4v) is 0.0754. The van der Waals surface area contributed by atoms with Gasteiger partial charge in [0.2, 0.25) is 11.8 Å². The Labute approximate surface area is 37.9 Å². The molecule has 0 saturated carbocycles. The van der Waals surface area contributed by atoms with E-state index in [1.165, 1.54) is 0 Å². The van der Waals surface area contributed by atoms with E-state index < -0.39 is 0 Å². The fourth-order valence-electron chi connectivity index (χ4n) is 0.0754. The standard InChI is InChI=1S/C6H2/c1-3-5-6-4-2/h1H2. The third-order valence-electron chi connectivity index (χ3n) is 0.213. The summed E-state index contributed by atoms with van der Waals surface area (Å²) in [5, 5.41) is 0. The van der Waals surface area contributed by atoms with E-state index in [0.717, 1.165) is 0 Å². The Hall–Kier alpha value is -1.23. The van der Waals surface area contributed by atoms with Crippen LogP contribution in [0, 0.1) is 30.3 Å². The lowest BCUT2D eigenvalue weighted by Crippen LogP contribution is -1.42. The van der Waals surface area contributed by atoms with Gasteiger partial charge in [0.05, 0.1) is 6.58 Å². The van der Waals surface area contributed by atoms with Crippen LogP contribution in [0.1, 0.15) is 0 Å². The predicted octanol–water partition coefficient (Wildman–Crippen LogP) is 0.569. The van der Waals surface area contributed by atoms with Crippen LogP contribution in [0.3, 0.4) is 0 Å². The molecule has 0 heterocycles. The second kappa shape index (κ2) is 3.77. The van der Waals surface area contributed by atoms with Crippen LogP contribution in [-0.2, 0) is 0 Å². The van der Waals surface area contributed by atoms with E-state index in [9.17, 15) is 0 Å². The molecule has 0 nitrogen and oxygen atoms in total. The Morgan fingerprint density at radius 2 is 2.33 bits per heavy atom. The highest BCUT2D eigenvalue weighted by Crippen LogP contribution is 1.48. The summed E-state index contributed by atoms with van der Waals surface area (Å²) in [5.41, 5.74) is 0. The second-order valence-electron chi connectivity index (χ2n) is 0.552. The average molecular weight is 74.1 g/mol. The van der Waals surface area contributed by atoms with Crippen LogP contribution in [0.25, 0.3) is 0 Å². The monoisotopic (exact) mass is 74.0 g/mol. The van der Waals surface area contributed by atoms with Crippen LogP contribution in [0.15, 0.2) is 6.58 Å². The molecule has 0 aromatic carbocycles. The van der Waals surface area contributed by atoms with E-state index in [1.807, 2.05) is 5.92 Å². The van der Waals surface area contributed by atoms with E-state index in [-0.39, 0.29) is 0 Å². The van der Waals surface area contributed by atoms with Gasteiger partial charge in [-0.15, -0.1) is 0 Å². The third-order valence-corrected chi connectivity index (χ3v) is 0.213. The van der Waals surface area contributed by atoms with E-state index in [1.54, 1.807) is 0 Å². The molecule has 0 aromatic heterocycles. The van der Waals surface area contributed by atoms with Gasteiger partial charge >= 0.3 is 0 Å². The summed E-state index contributed by atoms with van der Waals surface area (Å²) in [6.07, 6.45) is 8.49. The molecule has 0 saturated heterocycles. The van der Waals surface area contributed by atoms with Gasteiger partial charge in [-0.3, -0.25) is 0 Å². The molecule has 0 N–H and O–H groups in total. The summed E-state index contributed by atoms with van der Waals surface area (Å²) < 4.78 is 0. The molecule has 0 amide bonds. The normalized spacial score (nSPS) is 3.17. The molecule has 0 aliphatic heterocycles. The van der Waals surface area contributed by atoms with Gasteiger partial charge in [0, 0.05) is 0 Å². The van der Waals surface area contributed by atoms with Crippen molar-refractivity contribution in [2.24, 2.45) is 0 Å². The molecule has 0 spiro atoms. The zero-order valence-corrected chi connectivity index (χ0v) is 3.21. The Morgan fingerprint density at radius 3 is 2.50 bits per heavy atom. The molecular formula is C6H2. The smallest absolute Gasteiger partial charge is 0.229 e. The molecule has 0 unspecified atom stereocenters. The largest absolute Gasteiger partial charge is 0.309 e. The van der Waals surface area contributed by atoms with E-state index in [2.05, 4.69) is 24.5 Å². The van der Waals surface area contributed by atoms with Crippen LogP contribution in [-0.4, -0.2) is 0 Å². The molecule has 0 radical (unpaired) electrons. The molecule has 0 aromatic rings. The minimum atomic E-state index is 1.86. The highest BCUT2D eigenvalue weighted by atomic mass is 13.5. The van der Waals surface area contributed by atoms with Gasteiger partial charge in [-0.05, 0) is 5.92 Å². The molecule has 0 bridgehead atoms. The SMILES string of the molecule is [C-]#CC#C[C+]=C. The molecule has 26 valence electrons. The summed E-state index contributed by atoms with van der Waals surface area (Å²) in [5.74, 6) is 6.33. The zero-order valence-electron chi connectivity index (χ0n) is 3.21. The number of hydrogen-bond donors (Lipinski definition) is 0. The predicted molar refractivity (Wildman–Crippen MR) is 23.8 cm³/mol. The molecular weight excluding hydrogens is 72.1 g/mol. The quantitative estimate of drug-likeness (QED) is 0.291. The summed E-state index contributed by atoms with van der Waals surface area (Å²) in [4.78, 5) is 0. The highest BCUT2D eigenvalue weighted by Gasteiger charge is 1.60. The van der Waals surface area contributed by atoms with Crippen molar-refractivity contribution in [3.8, 4) is 17.8 Å². The topological polar surface area (TPSA) is 0 Å². The van der Waals surface area contributed by atoms with Crippen LogP contribution < -0.4 is 0 Å². The van der Waals surface area contributed by atoms with Crippen molar-refractivity contribution >= 4 is 0 Å². The molecule has 0 fully saturated rings. The minimum absolute atomic E-state index is 1.86. The van der Waals surface area contributed by atoms with Crippen LogP contribution in [0.2, 0.25) is 0 Å². The number of hydrogen-bond acceptors (Lipinski definition) is 0. The first-order valence-electron chi connectivity index (χ1n) is 1.35. The summed E-state index contributed by atoms with van der Waals surface area (Å²) in [7, 11) is 0. The van der Waals surface area contributed by atoms with Gasteiger partial charge in [0.15, 0.2) is 6.08 Å². The lowest BCUT2D eigenvalue weighted by Gasteiger charge is -1.32. The first kappa shape index (κ1) is 4.77. The molecule has 0 aliphatic rings. The van der Waals surface area contributed by atoms with Crippen molar-refractivity contribution in [3.05, 3.63) is 19.1 Å². The van der Waals surface area contributed by atoms with Gasteiger partial charge in [-0.1, -0.05) is 0 Å². The van der Waals surface area contributed by atoms with Crippen molar-refractivity contribution < 1.29 is 0 Å². The summed E-state index contributed by atoms with van der Waals surface area (Å²) in [6.45, 7) is 3.18. The number of rotatable bonds is 0. The van der Waals surface area contributed by atoms with Gasteiger partial charge in [-0.25, -0.2) is 0 Å². The minimum Gasteiger partial charge on any atom is -0.309 e. The van der Waals surface area contributed by atoms with Crippen molar-refractivity contribution in [3.63, 3.8) is 0 Å². The van der Waals surface area contributed by atoms with Crippen molar-refractivity contribution in [1.82, 2.24) is 0 Å². The Bertz CT molecular complexity index is 124. The highest BCUT2D eigenvalue weighted by molar-refractivity contribution is 5.21. The maximum absolute atomic E-state index is 6.21. The molecule has 0 heteroatoms. The molecule has 6 heavy (non-hydrogen) atoms. The van der Waals surface area contributed by atoms with Crippen molar-refractivity contribution in [2.45, 2.75) is 0 Å². The van der Waals surface area contributed by atoms with Gasteiger partial charge in [-0.2, -0.15) is 0 Å². The first-order chi connectivity index (χ1) is 2.91. The van der Waals surface area contributed by atoms with Gasteiger partial charge in [0.1, 0.15) is 0 Å². The lowest BCUT2D eigenvalue weighted by molar-refractivity contribution is 2.16. The van der Waals surface area contributed by atoms with E-state index in [0.29, 0.717) is 0 Å². The number of allylic oxidation sites excluding steroid dienone is 1. The molecule has 0 rings (SSSR count). The molecule has 0 atom stereocenters. The van der Waals surface area contributed by atoms with Gasteiger partial charge in [0.25, 0.3) is 0 Å². The average Bonchev–Trinajstić information content (AvgIpc) is 1.61. The van der Waals surface area contributed by atoms with Gasteiger partial charge < -0.3 is 6.42 Å². The summed E-state index contributed by atoms with van der Waals surface area (Å²) >= 11 is 0. The van der Waals surface area contributed by atoms with E-state index >= 15 is 0 Å². The first-order valence-corrected chi connectivity index (χ1v) is 1.35. The Kier molecular flexibility index (Phi) is 3.00. The molecule has 0 aliphatic carbocycles. The Morgan fingerprint density at radius 1 is 1.67 bits per heavy atom. The van der Waals surface area contributed by atoms with E-state index in [4.69, 9.17) is 6.42 Å². The van der Waals surface area contributed by atoms with Crippen LogP contribution in [0.4, 0.5) is 0 Å². The third kappa shape index (κ3) is 2.77. The summed E-state index contributed by atoms with van der Waals surface area (Å²) in [6, 6.07) is 0. The maximum Gasteiger partial charge on any atom is 0.229 e. The van der Waals surface area contributed by atoms with Crippen molar-refractivity contribution in [2.75, 3.05) is 0 Å². The van der Waals surface area contributed by atoms with Crippen molar-refractivity contribution in [1.29, 1.82) is 0 Å².